The van der Waals surface area contributed by atoms with Crippen molar-refractivity contribution in [2.24, 2.45) is 0 Å². The molecule has 0 spiro atoms. The van der Waals surface area contributed by atoms with Crippen molar-refractivity contribution < 1.29 is 4.39 Å². The van der Waals surface area contributed by atoms with Gasteiger partial charge in [0.05, 0.1) is 6.07 Å². The molecule has 0 amide bonds. The highest BCUT2D eigenvalue weighted by Crippen LogP contribution is 2.25. The van der Waals surface area contributed by atoms with Crippen LogP contribution in [0.3, 0.4) is 0 Å². The average molecular weight is 274 g/mol. The lowest BCUT2D eigenvalue weighted by Gasteiger charge is -2.35. The average Bonchev–Trinajstić information content (AvgIpc) is 2.72. The number of nitriles is 1. The highest BCUT2D eigenvalue weighted by Gasteiger charge is 2.32. The first-order valence-electron chi connectivity index (χ1n) is 7.46. The zero-order chi connectivity index (χ0) is 14.6. The Morgan fingerprint density at radius 2 is 1.90 bits per heavy atom. The third-order valence-electron chi connectivity index (χ3n) is 4.32. The van der Waals surface area contributed by atoms with Gasteiger partial charge in [-0.2, -0.15) is 5.26 Å². The number of nitrogens with zero attached hydrogens (tertiary/aromatic N) is 2. The number of rotatable bonds is 3. The molecule has 2 nitrogen and oxygen atoms in total. The highest BCUT2D eigenvalue weighted by atomic mass is 19.1. The van der Waals surface area contributed by atoms with Crippen molar-refractivity contribution in [3.63, 3.8) is 0 Å². The quantitative estimate of drug-likeness (QED) is 0.837. The molecule has 1 fully saturated rings. The summed E-state index contributed by atoms with van der Waals surface area (Å²) in [7, 11) is 0. The molecule has 1 atom stereocenters. The van der Waals surface area contributed by atoms with Crippen molar-refractivity contribution in [3.8, 4) is 6.07 Å². The van der Waals surface area contributed by atoms with Gasteiger partial charge in [-0.15, -0.1) is 0 Å². The highest BCUT2D eigenvalue weighted by molar-refractivity contribution is 5.27. The molecule has 2 rings (SSSR count). The Hall–Kier alpha value is -1.40. The summed E-state index contributed by atoms with van der Waals surface area (Å²) in [5.41, 5.74) is 1.20. The lowest BCUT2D eigenvalue weighted by Crippen LogP contribution is -2.47. The number of likely N-dealkylation sites (tertiary alicyclic amines) is 1. The Bertz CT molecular complexity index is 498. The number of hydrogen-bond donors (Lipinski definition) is 0. The predicted octanol–water partition coefficient (Wildman–Crippen LogP) is 3.83. The lowest BCUT2D eigenvalue weighted by molar-refractivity contribution is 0.157. The van der Waals surface area contributed by atoms with Gasteiger partial charge in [0.25, 0.3) is 0 Å². The van der Waals surface area contributed by atoms with Crippen LogP contribution in [0.2, 0.25) is 0 Å². The molecule has 108 valence electrons. The molecule has 0 aliphatic carbocycles. The van der Waals surface area contributed by atoms with E-state index in [2.05, 4.69) is 11.0 Å². The second-order valence-corrected chi connectivity index (χ2v) is 6.05. The van der Waals surface area contributed by atoms with E-state index in [-0.39, 0.29) is 5.82 Å². The Morgan fingerprint density at radius 3 is 2.45 bits per heavy atom. The molecular formula is C17H23FN2. The second-order valence-electron chi connectivity index (χ2n) is 6.05. The van der Waals surface area contributed by atoms with Crippen LogP contribution in [0.1, 0.15) is 43.7 Å². The molecule has 1 aliphatic heterocycles. The first-order valence-corrected chi connectivity index (χ1v) is 7.46. The molecule has 0 N–H and O–H groups in total. The van der Waals surface area contributed by atoms with Crippen LogP contribution in [0.15, 0.2) is 18.2 Å². The zero-order valence-electron chi connectivity index (χ0n) is 12.5. The van der Waals surface area contributed by atoms with E-state index in [1.165, 1.54) is 31.7 Å². The van der Waals surface area contributed by atoms with Crippen molar-refractivity contribution in [1.82, 2.24) is 4.90 Å². The summed E-state index contributed by atoms with van der Waals surface area (Å²) in [5, 5.41) is 9.65. The van der Waals surface area contributed by atoms with Gasteiger partial charge in [0.2, 0.25) is 0 Å². The molecule has 20 heavy (non-hydrogen) atoms. The number of halogens is 1. The monoisotopic (exact) mass is 274 g/mol. The minimum atomic E-state index is -0.491. The Labute approximate surface area is 121 Å². The molecule has 1 aromatic rings. The molecule has 0 saturated carbocycles. The second kappa shape index (κ2) is 6.37. The SMILES string of the molecule is Cc1cc(CC(C)(C#N)N2CCCCCC2)ccc1F. The number of aryl methyl sites for hydroxylation is 1. The van der Waals surface area contributed by atoms with Crippen LogP contribution >= 0.6 is 0 Å². The van der Waals surface area contributed by atoms with Gasteiger partial charge >= 0.3 is 0 Å². The van der Waals surface area contributed by atoms with Gasteiger partial charge < -0.3 is 0 Å². The van der Waals surface area contributed by atoms with Gasteiger partial charge in [0, 0.05) is 6.42 Å². The molecule has 1 unspecified atom stereocenters. The fourth-order valence-electron chi connectivity index (χ4n) is 3.00. The zero-order valence-corrected chi connectivity index (χ0v) is 12.5. The van der Waals surface area contributed by atoms with Crippen LogP contribution in [0.25, 0.3) is 0 Å². The van der Waals surface area contributed by atoms with E-state index in [0.29, 0.717) is 12.0 Å². The Balaban J connectivity index is 2.17. The van der Waals surface area contributed by atoms with E-state index in [4.69, 9.17) is 0 Å². The maximum atomic E-state index is 13.3. The van der Waals surface area contributed by atoms with Gasteiger partial charge in [-0.25, -0.2) is 4.39 Å². The fourth-order valence-corrected chi connectivity index (χ4v) is 3.00. The summed E-state index contributed by atoms with van der Waals surface area (Å²) in [6.07, 6.45) is 5.51. The van der Waals surface area contributed by atoms with Crippen molar-refractivity contribution in [1.29, 1.82) is 5.26 Å². The number of hydrogen-bond acceptors (Lipinski definition) is 2. The van der Waals surface area contributed by atoms with Crippen LogP contribution in [0.5, 0.6) is 0 Å². The molecule has 1 aromatic carbocycles. The van der Waals surface area contributed by atoms with E-state index in [0.717, 1.165) is 18.7 Å². The predicted molar refractivity (Wildman–Crippen MR) is 78.9 cm³/mol. The largest absolute Gasteiger partial charge is 0.285 e. The first kappa shape index (κ1) is 15.0. The fraction of sp³-hybridized carbons (Fsp3) is 0.588. The minimum absolute atomic E-state index is 0.179. The van der Waals surface area contributed by atoms with Crippen molar-refractivity contribution in [2.45, 2.75) is 51.5 Å². The van der Waals surface area contributed by atoms with E-state index in [9.17, 15) is 9.65 Å². The lowest BCUT2D eigenvalue weighted by atomic mass is 9.91. The van der Waals surface area contributed by atoms with Gasteiger partial charge in [-0.1, -0.05) is 25.0 Å². The summed E-state index contributed by atoms with van der Waals surface area (Å²) in [4.78, 5) is 2.30. The number of benzene rings is 1. The topological polar surface area (TPSA) is 27.0 Å². The summed E-state index contributed by atoms with van der Waals surface area (Å²) in [5.74, 6) is -0.179. The van der Waals surface area contributed by atoms with E-state index >= 15 is 0 Å². The maximum Gasteiger partial charge on any atom is 0.126 e. The van der Waals surface area contributed by atoms with Crippen molar-refractivity contribution in [2.75, 3.05) is 13.1 Å². The normalized spacial score (nSPS) is 19.9. The van der Waals surface area contributed by atoms with Gasteiger partial charge in [0.1, 0.15) is 11.4 Å². The van der Waals surface area contributed by atoms with Crippen LogP contribution < -0.4 is 0 Å². The summed E-state index contributed by atoms with van der Waals surface area (Å²) in [6.45, 7) is 5.76. The molecular weight excluding hydrogens is 251 g/mol. The Morgan fingerprint density at radius 1 is 1.25 bits per heavy atom. The molecule has 0 aromatic heterocycles. The van der Waals surface area contributed by atoms with Crippen molar-refractivity contribution >= 4 is 0 Å². The molecule has 0 radical (unpaired) electrons. The molecule has 0 bridgehead atoms. The summed E-state index contributed by atoms with van der Waals surface area (Å²) in [6, 6.07) is 7.66. The maximum absolute atomic E-state index is 13.3. The molecule has 1 heterocycles. The summed E-state index contributed by atoms with van der Waals surface area (Å²) < 4.78 is 13.3. The Kier molecular flexibility index (Phi) is 4.77. The summed E-state index contributed by atoms with van der Waals surface area (Å²) >= 11 is 0. The molecule has 1 saturated heterocycles. The standard InChI is InChI=1S/C17H23FN2/c1-14-11-15(7-8-16(14)18)12-17(2,13-19)20-9-5-3-4-6-10-20/h7-8,11H,3-6,9-10,12H2,1-2H3. The van der Waals surface area contributed by atoms with Gasteiger partial charge in [0.15, 0.2) is 0 Å². The van der Waals surface area contributed by atoms with Crippen LogP contribution in [0, 0.1) is 24.1 Å². The molecule has 1 aliphatic rings. The van der Waals surface area contributed by atoms with Crippen LogP contribution in [0.4, 0.5) is 4.39 Å². The third-order valence-corrected chi connectivity index (χ3v) is 4.32. The van der Waals surface area contributed by atoms with Crippen LogP contribution in [-0.2, 0) is 6.42 Å². The van der Waals surface area contributed by atoms with E-state index in [1.807, 2.05) is 13.0 Å². The minimum Gasteiger partial charge on any atom is -0.285 e. The van der Waals surface area contributed by atoms with Gasteiger partial charge in [-0.05, 0) is 57.0 Å². The smallest absolute Gasteiger partial charge is 0.126 e. The van der Waals surface area contributed by atoms with Gasteiger partial charge in [-0.3, -0.25) is 4.90 Å². The van der Waals surface area contributed by atoms with E-state index < -0.39 is 5.54 Å². The van der Waals surface area contributed by atoms with Crippen LogP contribution in [-0.4, -0.2) is 23.5 Å². The van der Waals surface area contributed by atoms with Crippen molar-refractivity contribution in [3.05, 3.63) is 35.1 Å². The third kappa shape index (κ3) is 3.37. The molecule has 3 heteroatoms. The van der Waals surface area contributed by atoms with E-state index in [1.54, 1.807) is 13.0 Å². The first-order chi connectivity index (χ1) is 9.55.